The van der Waals surface area contributed by atoms with Crippen molar-refractivity contribution in [2.75, 3.05) is 13.7 Å². The van der Waals surface area contributed by atoms with Gasteiger partial charge in [0.15, 0.2) is 0 Å². The van der Waals surface area contributed by atoms with Gasteiger partial charge in [-0.3, -0.25) is 0 Å². The molecule has 0 aliphatic rings. The maximum Gasteiger partial charge on any atom is 0.125 e. The molecule has 0 aromatic heterocycles. The fourth-order valence-electron chi connectivity index (χ4n) is 1.65. The molecule has 1 unspecified atom stereocenters. The highest BCUT2D eigenvalue weighted by Gasteiger charge is 2.14. The molecule has 0 heterocycles. The molecule has 2 nitrogen and oxygen atoms in total. The largest absolute Gasteiger partial charge is 0.496 e. The molecule has 1 aromatic carbocycles. The van der Waals surface area contributed by atoms with Gasteiger partial charge in [0.2, 0.25) is 0 Å². The van der Waals surface area contributed by atoms with Gasteiger partial charge in [-0.05, 0) is 24.1 Å². The first-order chi connectivity index (χ1) is 7.13. The molecule has 1 rings (SSSR count). The van der Waals surface area contributed by atoms with E-state index < -0.39 is 0 Å². The van der Waals surface area contributed by atoms with E-state index in [1.807, 2.05) is 13.0 Å². The zero-order chi connectivity index (χ0) is 11.4. The summed E-state index contributed by atoms with van der Waals surface area (Å²) in [6.07, 6.45) is 0.924. The van der Waals surface area contributed by atoms with Crippen molar-refractivity contribution in [3.05, 3.63) is 27.7 Å². The Labute approximate surface area is 99.4 Å². The van der Waals surface area contributed by atoms with Crippen LogP contribution in [0.15, 0.2) is 16.6 Å². The number of aliphatic hydroxyl groups is 1. The van der Waals surface area contributed by atoms with Gasteiger partial charge in [-0.15, -0.1) is 0 Å². The average Bonchev–Trinajstić information content (AvgIpc) is 2.26. The summed E-state index contributed by atoms with van der Waals surface area (Å²) in [5.41, 5.74) is 2.23. The number of hydrogen-bond donors (Lipinski definition) is 1. The van der Waals surface area contributed by atoms with Crippen LogP contribution in [-0.4, -0.2) is 18.8 Å². The zero-order valence-corrected chi connectivity index (χ0v) is 11.0. The predicted octanol–water partition coefficient (Wildman–Crippen LogP) is 3.12. The molecule has 0 fully saturated rings. The third-order valence-electron chi connectivity index (χ3n) is 2.55. The fraction of sp³-hybridized carbons (Fsp3) is 0.500. The molecule has 1 aromatic rings. The van der Waals surface area contributed by atoms with Crippen LogP contribution < -0.4 is 4.74 Å². The molecule has 84 valence electrons. The Morgan fingerprint density at radius 1 is 1.47 bits per heavy atom. The molecule has 1 N–H and O–H groups in total. The number of aliphatic hydroxyl groups excluding tert-OH is 1. The number of rotatable bonds is 4. The van der Waals surface area contributed by atoms with Crippen molar-refractivity contribution in [3.8, 4) is 5.75 Å². The van der Waals surface area contributed by atoms with Gasteiger partial charge in [0.05, 0.1) is 7.11 Å². The average molecular weight is 273 g/mol. The van der Waals surface area contributed by atoms with Crippen molar-refractivity contribution in [2.45, 2.75) is 26.2 Å². The molecular formula is C12H17BrO2. The summed E-state index contributed by atoms with van der Waals surface area (Å²) in [4.78, 5) is 0. The van der Waals surface area contributed by atoms with Gasteiger partial charge in [0.1, 0.15) is 5.75 Å². The van der Waals surface area contributed by atoms with Crippen LogP contribution in [0.5, 0.6) is 5.75 Å². The van der Waals surface area contributed by atoms with Crippen molar-refractivity contribution in [3.63, 3.8) is 0 Å². The predicted molar refractivity (Wildman–Crippen MR) is 65.6 cm³/mol. The van der Waals surface area contributed by atoms with Crippen molar-refractivity contribution >= 4 is 15.9 Å². The maximum absolute atomic E-state index is 9.19. The van der Waals surface area contributed by atoms with Crippen LogP contribution in [0.1, 0.15) is 30.9 Å². The number of benzene rings is 1. The van der Waals surface area contributed by atoms with Gasteiger partial charge in [-0.1, -0.05) is 29.8 Å². The number of methoxy groups -OCH3 is 1. The van der Waals surface area contributed by atoms with Gasteiger partial charge in [0, 0.05) is 22.6 Å². The molecule has 0 aliphatic carbocycles. The summed E-state index contributed by atoms with van der Waals surface area (Å²) >= 11 is 3.48. The van der Waals surface area contributed by atoms with E-state index in [1.165, 1.54) is 5.56 Å². The minimum Gasteiger partial charge on any atom is -0.496 e. The Morgan fingerprint density at radius 3 is 2.60 bits per heavy atom. The number of hydrogen-bond acceptors (Lipinski definition) is 2. The Bertz CT molecular complexity index is 337. The lowest BCUT2D eigenvalue weighted by Gasteiger charge is -2.17. The first-order valence-corrected chi connectivity index (χ1v) is 5.90. The Hall–Kier alpha value is -0.540. The van der Waals surface area contributed by atoms with Crippen LogP contribution in [0.2, 0.25) is 0 Å². The molecule has 1 atom stereocenters. The highest BCUT2D eigenvalue weighted by Crippen LogP contribution is 2.33. The van der Waals surface area contributed by atoms with Gasteiger partial charge < -0.3 is 9.84 Å². The summed E-state index contributed by atoms with van der Waals surface area (Å²) in [5.74, 6) is 1.00. The fourth-order valence-corrected chi connectivity index (χ4v) is 2.17. The Balaban J connectivity index is 3.28. The minimum atomic E-state index is 0.0998. The molecule has 0 amide bonds. The highest BCUT2D eigenvalue weighted by molar-refractivity contribution is 9.10. The van der Waals surface area contributed by atoms with E-state index in [2.05, 4.69) is 28.9 Å². The van der Waals surface area contributed by atoms with Gasteiger partial charge >= 0.3 is 0 Å². The molecule has 0 bridgehead atoms. The minimum absolute atomic E-state index is 0.0998. The van der Waals surface area contributed by atoms with Crippen molar-refractivity contribution < 1.29 is 9.84 Å². The second kappa shape index (κ2) is 5.52. The van der Waals surface area contributed by atoms with Gasteiger partial charge in [-0.25, -0.2) is 0 Å². The second-order valence-corrected chi connectivity index (χ2v) is 4.54. The standard InChI is InChI=1S/C12H17BrO2/c1-4-9-5-10(13)6-11(8(2)7-14)12(9)15-3/h5-6,8,14H,4,7H2,1-3H3. The van der Waals surface area contributed by atoms with Gasteiger partial charge in [0.25, 0.3) is 0 Å². The van der Waals surface area contributed by atoms with Crippen molar-refractivity contribution in [1.29, 1.82) is 0 Å². The summed E-state index contributed by atoms with van der Waals surface area (Å²) in [7, 11) is 1.68. The number of aryl methyl sites for hydroxylation is 1. The van der Waals surface area contributed by atoms with Crippen LogP contribution in [0, 0.1) is 0 Å². The van der Waals surface area contributed by atoms with E-state index in [0.29, 0.717) is 0 Å². The van der Waals surface area contributed by atoms with Gasteiger partial charge in [-0.2, -0.15) is 0 Å². The monoisotopic (exact) mass is 272 g/mol. The van der Waals surface area contributed by atoms with E-state index in [1.54, 1.807) is 7.11 Å². The molecule has 0 radical (unpaired) electrons. The normalized spacial score (nSPS) is 12.6. The lowest BCUT2D eigenvalue weighted by Crippen LogP contribution is -2.04. The molecule has 15 heavy (non-hydrogen) atoms. The van der Waals surface area contributed by atoms with Crippen LogP contribution >= 0.6 is 15.9 Å². The topological polar surface area (TPSA) is 29.5 Å². The Morgan fingerprint density at radius 2 is 2.13 bits per heavy atom. The zero-order valence-electron chi connectivity index (χ0n) is 9.38. The lowest BCUT2D eigenvalue weighted by molar-refractivity contribution is 0.269. The SMILES string of the molecule is CCc1cc(Br)cc(C(C)CO)c1OC. The summed E-state index contributed by atoms with van der Waals surface area (Å²) in [6, 6.07) is 4.07. The van der Waals surface area contributed by atoms with Crippen LogP contribution in [0.3, 0.4) is 0 Å². The van der Waals surface area contributed by atoms with Crippen LogP contribution in [0.4, 0.5) is 0 Å². The first kappa shape index (κ1) is 12.5. The van der Waals surface area contributed by atoms with E-state index in [-0.39, 0.29) is 12.5 Å². The Kier molecular flexibility index (Phi) is 4.61. The molecule has 0 saturated heterocycles. The molecule has 0 spiro atoms. The number of ether oxygens (including phenoxy) is 1. The highest BCUT2D eigenvalue weighted by atomic mass is 79.9. The van der Waals surface area contributed by atoms with Crippen LogP contribution in [-0.2, 0) is 6.42 Å². The molecule has 0 aliphatic heterocycles. The second-order valence-electron chi connectivity index (χ2n) is 3.62. The third-order valence-corrected chi connectivity index (χ3v) is 3.01. The molecular weight excluding hydrogens is 256 g/mol. The van der Waals surface area contributed by atoms with Crippen molar-refractivity contribution in [2.24, 2.45) is 0 Å². The van der Waals surface area contributed by atoms with E-state index >= 15 is 0 Å². The quantitative estimate of drug-likeness (QED) is 0.913. The van der Waals surface area contributed by atoms with Crippen LogP contribution in [0.25, 0.3) is 0 Å². The van der Waals surface area contributed by atoms with E-state index in [9.17, 15) is 5.11 Å². The summed E-state index contributed by atoms with van der Waals surface area (Å²) in [5, 5.41) is 9.19. The molecule has 0 saturated carbocycles. The number of halogens is 1. The maximum atomic E-state index is 9.19. The third kappa shape index (κ3) is 2.73. The van der Waals surface area contributed by atoms with E-state index in [0.717, 1.165) is 22.2 Å². The first-order valence-electron chi connectivity index (χ1n) is 5.11. The van der Waals surface area contributed by atoms with Crippen molar-refractivity contribution in [1.82, 2.24) is 0 Å². The smallest absolute Gasteiger partial charge is 0.125 e. The summed E-state index contributed by atoms with van der Waals surface area (Å²) < 4.78 is 6.45. The molecule has 3 heteroatoms. The summed E-state index contributed by atoms with van der Waals surface area (Å²) in [6.45, 7) is 4.22. The lowest BCUT2D eigenvalue weighted by atomic mass is 9.97. The van der Waals surface area contributed by atoms with E-state index in [4.69, 9.17) is 4.74 Å².